The van der Waals surface area contributed by atoms with E-state index in [9.17, 15) is 4.79 Å². The second-order valence-corrected chi connectivity index (χ2v) is 5.01. The summed E-state index contributed by atoms with van der Waals surface area (Å²) in [5.74, 6) is 0.358. The van der Waals surface area contributed by atoms with Crippen molar-refractivity contribution in [3.05, 3.63) is 17.8 Å². The lowest BCUT2D eigenvalue weighted by Crippen LogP contribution is -2.38. The highest BCUT2D eigenvalue weighted by molar-refractivity contribution is 5.86. The number of methoxy groups -OCH3 is 1. The number of esters is 1. The van der Waals surface area contributed by atoms with Crippen molar-refractivity contribution in [1.82, 2.24) is 15.5 Å². The van der Waals surface area contributed by atoms with Gasteiger partial charge in [-0.2, -0.15) is 0 Å². The quantitative estimate of drug-likeness (QED) is 0.790. The third-order valence-corrected chi connectivity index (χ3v) is 3.47. The van der Waals surface area contributed by atoms with E-state index in [2.05, 4.69) is 32.1 Å². The molecule has 2 rings (SSSR count). The molecule has 20 heavy (non-hydrogen) atoms. The van der Waals surface area contributed by atoms with E-state index in [-0.39, 0.29) is 5.69 Å². The number of anilines is 1. The molecule has 0 bridgehead atoms. The molecule has 1 atom stereocenters. The standard InChI is InChI=1S/C14H22N4O2/c1-3-9-18(10-11-5-4-8-15-11)13-7-6-12(16-17-13)14(19)20-2/h6-7,11,15H,3-5,8-10H2,1-2H3. The number of hydrogen-bond donors (Lipinski definition) is 1. The van der Waals surface area contributed by atoms with E-state index >= 15 is 0 Å². The number of aromatic nitrogens is 2. The van der Waals surface area contributed by atoms with Crippen LogP contribution in [0.1, 0.15) is 36.7 Å². The fourth-order valence-electron chi connectivity index (χ4n) is 2.46. The molecule has 0 amide bonds. The Morgan fingerprint density at radius 2 is 2.35 bits per heavy atom. The van der Waals surface area contributed by atoms with E-state index in [4.69, 9.17) is 0 Å². The predicted octanol–water partition coefficient (Wildman–Crippen LogP) is 1.23. The van der Waals surface area contributed by atoms with Gasteiger partial charge in [0.2, 0.25) is 0 Å². The van der Waals surface area contributed by atoms with Crippen molar-refractivity contribution in [2.75, 3.05) is 31.6 Å². The molecule has 1 unspecified atom stereocenters. The van der Waals surface area contributed by atoms with Crippen LogP contribution in [-0.4, -0.2) is 49.0 Å². The Kier molecular flexibility index (Phi) is 5.29. The van der Waals surface area contributed by atoms with Gasteiger partial charge in [0.15, 0.2) is 11.5 Å². The minimum atomic E-state index is -0.455. The normalized spacial score (nSPS) is 18.0. The third kappa shape index (κ3) is 3.66. The van der Waals surface area contributed by atoms with Gasteiger partial charge in [-0.3, -0.25) is 0 Å². The van der Waals surface area contributed by atoms with Crippen molar-refractivity contribution in [2.45, 2.75) is 32.2 Å². The molecule has 110 valence electrons. The summed E-state index contributed by atoms with van der Waals surface area (Å²) in [5.41, 5.74) is 0.242. The van der Waals surface area contributed by atoms with Gasteiger partial charge in [-0.05, 0) is 37.9 Å². The molecule has 0 radical (unpaired) electrons. The van der Waals surface area contributed by atoms with Crippen LogP contribution in [0.15, 0.2) is 12.1 Å². The zero-order valence-electron chi connectivity index (χ0n) is 12.1. The van der Waals surface area contributed by atoms with Crippen LogP contribution in [0.25, 0.3) is 0 Å². The maximum atomic E-state index is 11.4. The monoisotopic (exact) mass is 278 g/mol. The Bertz CT molecular complexity index is 429. The molecule has 1 aliphatic rings. The van der Waals surface area contributed by atoms with Gasteiger partial charge in [0.1, 0.15) is 0 Å². The van der Waals surface area contributed by atoms with Gasteiger partial charge in [-0.1, -0.05) is 6.92 Å². The number of carbonyl (C=O) groups excluding carboxylic acids is 1. The first-order valence-corrected chi connectivity index (χ1v) is 7.15. The van der Waals surface area contributed by atoms with Crippen LogP contribution in [0.2, 0.25) is 0 Å². The molecule has 1 fully saturated rings. The van der Waals surface area contributed by atoms with E-state index in [1.54, 1.807) is 6.07 Å². The lowest BCUT2D eigenvalue weighted by molar-refractivity contribution is 0.0592. The highest BCUT2D eigenvalue weighted by Crippen LogP contribution is 2.14. The Balaban J connectivity index is 2.05. The second kappa shape index (κ2) is 7.19. The summed E-state index contributed by atoms with van der Waals surface area (Å²) in [6.07, 6.45) is 3.48. The van der Waals surface area contributed by atoms with Crippen LogP contribution in [0.5, 0.6) is 0 Å². The summed E-state index contributed by atoms with van der Waals surface area (Å²) in [7, 11) is 1.34. The Hall–Kier alpha value is -1.69. The molecular weight excluding hydrogens is 256 g/mol. The van der Waals surface area contributed by atoms with Crippen LogP contribution >= 0.6 is 0 Å². The first kappa shape index (κ1) is 14.7. The van der Waals surface area contributed by atoms with Gasteiger partial charge in [-0.15, -0.1) is 10.2 Å². The van der Waals surface area contributed by atoms with Crippen molar-refractivity contribution >= 4 is 11.8 Å². The first-order valence-electron chi connectivity index (χ1n) is 7.15. The van der Waals surface area contributed by atoms with Crippen molar-refractivity contribution in [1.29, 1.82) is 0 Å². The molecule has 6 nitrogen and oxygen atoms in total. The summed E-state index contributed by atoms with van der Waals surface area (Å²) in [6.45, 7) is 5.10. The molecule has 0 saturated carbocycles. The molecule has 1 saturated heterocycles. The van der Waals surface area contributed by atoms with Crippen molar-refractivity contribution in [3.63, 3.8) is 0 Å². The van der Waals surface area contributed by atoms with Gasteiger partial charge >= 0.3 is 5.97 Å². The predicted molar refractivity (Wildman–Crippen MR) is 76.9 cm³/mol. The minimum absolute atomic E-state index is 0.242. The Morgan fingerprint density at radius 3 is 2.90 bits per heavy atom. The molecule has 6 heteroatoms. The molecule has 1 N–H and O–H groups in total. The van der Waals surface area contributed by atoms with E-state index in [1.165, 1.54) is 20.0 Å². The van der Waals surface area contributed by atoms with Crippen LogP contribution in [0.4, 0.5) is 5.82 Å². The molecule has 0 spiro atoms. The summed E-state index contributed by atoms with van der Waals surface area (Å²) in [4.78, 5) is 13.6. The zero-order chi connectivity index (χ0) is 14.4. The fourth-order valence-corrected chi connectivity index (χ4v) is 2.46. The van der Waals surface area contributed by atoms with Gasteiger partial charge in [0.25, 0.3) is 0 Å². The van der Waals surface area contributed by atoms with Gasteiger partial charge in [-0.25, -0.2) is 4.79 Å². The molecular formula is C14H22N4O2. The number of nitrogens with zero attached hydrogens (tertiary/aromatic N) is 3. The van der Waals surface area contributed by atoms with E-state index < -0.39 is 5.97 Å². The topological polar surface area (TPSA) is 67.4 Å². The van der Waals surface area contributed by atoms with Crippen molar-refractivity contribution < 1.29 is 9.53 Å². The highest BCUT2D eigenvalue weighted by Gasteiger charge is 2.19. The SMILES string of the molecule is CCCN(CC1CCCN1)c1ccc(C(=O)OC)nn1. The summed E-state index contributed by atoms with van der Waals surface area (Å²) >= 11 is 0. The van der Waals surface area contributed by atoms with Gasteiger partial charge < -0.3 is 15.0 Å². The zero-order valence-corrected chi connectivity index (χ0v) is 12.1. The van der Waals surface area contributed by atoms with Crippen molar-refractivity contribution in [3.8, 4) is 0 Å². The number of rotatable bonds is 6. The second-order valence-electron chi connectivity index (χ2n) is 5.01. The molecule has 1 aromatic rings. The highest BCUT2D eigenvalue weighted by atomic mass is 16.5. The van der Waals surface area contributed by atoms with E-state index in [0.29, 0.717) is 6.04 Å². The minimum Gasteiger partial charge on any atom is -0.464 e. The average molecular weight is 278 g/mol. The van der Waals surface area contributed by atoms with Gasteiger partial charge in [0.05, 0.1) is 7.11 Å². The van der Waals surface area contributed by atoms with Crippen molar-refractivity contribution in [2.24, 2.45) is 0 Å². The molecule has 1 aliphatic heterocycles. The third-order valence-electron chi connectivity index (χ3n) is 3.47. The Morgan fingerprint density at radius 1 is 1.50 bits per heavy atom. The number of hydrogen-bond acceptors (Lipinski definition) is 6. The first-order chi connectivity index (χ1) is 9.74. The maximum Gasteiger partial charge on any atom is 0.358 e. The molecule has 0 aliphatic carbocycles. The van der Waals surface area contributed by atoms with Crippen LogP contribution in [0, 0.1) is 0 Å². The molecule has 2 heterocycles. The maximum absolute atomic E-state index is 11.4. The van der Waals surface area contributed by atoms with E-state index in [0.717, 1.165) is 31.9 Å². The molecule has 0 aromatic carbocycles. The van der Waals surface area contributed by atoms with Crippen LogP contribution in [0.3, 0.4) is 0 Å². The summed E-state index contributed by atoms with van der Waals surface area (Å²) in [5, 5.41) is 11.6. The van der Waals surface area contributed by atoms with Gasteiger partial charge in [0, 0.05) is 19.1 Å². The summed E-state index contributed by atoms with van der Waals surface area (Å²) < 4.78 is 4.63. The van der Waals surface area contributed by atoms with E-state index in [1.807, 2.05) is 6.07 Å². The number of ether oxygens (including phenoxy) is 1. The lowest BCUT2D eigenvalue weighted by atomic mass is 10.2. The largest absolute Gasteiger partial charge is 0.464 e. The number of nitrogens with one attached hydrogen (secondary N) is 1. The average Bonchev–Trinajstić information content (AvgIpc) is 2.99. The smallest absolute Gasteiger partial charge is 0.358 e. The Labute approximate surface area is 119 Å². The fraction of sp³-hybridized carbons (Fsp3) is 0.643. The lowest BCUT2D eigenvalue weighted by Gasteiger charge is -2.26. The van der Waals surface area contributed by atoms with Crippen LogP contribution < -0.4 is 10.2 Å². The van der Waals surface area contributed by atoms with Crippen LogP contribution in [-0.2, 0) is 4.74 Å². The summed E-state index contributed by atoms with van der Waals surface area (Å²) in [6, 6.07) is 4.02. The number of carbonyl (C=O) groups is 1. The molecule has 1 aromatic heterocycles.